The van der Waals surface area contributed by atoms with E-state index in [0.717, 1.165) is 19.1 Å². The SMILES string of the molecule is COc1cc(CN2CC3CCCN3CC2C)ccc1O. The van der Waals surface area contributed by atoms with Gasteiger partial charge in [0.15, 0.2) is 11.5 Å². The minimum Gasteiger partial charge on any atom is -0.504 e. The van der Waals surface area contributed by atoms with Crippen molar-refractivity contribution < 1.29 is 9.84 Å². The lowest BCUT2D eigenvalue weighted by Crippen LogP contribution is -2.54. The van der Waals surface area contributed by atoms with Gasteiger partial charge in [0.1, 0.15) is 0 Å². The summed E-state index contributed by atoms with van der Waals surface area (Å²) in [6.07, 6.45) is 2.68. The Hall–Kier alpha value is -1.26. The molecule has 1 N–H and O–H groups in total. The second kappa shape index (κ2) is 5.62. The van der Waals surface area contributed by atoms with Crippen molar-refractivity contribution >= 4 is 0 Å². The van der Waals surface area contributed by atoms with E-state index in [1.165, 1.54) is 31.5 Å². The maximum Gasteiger partial charge on any atom is 0.160 e. The minimum atomic E-state index is 0.213. The quantitative estimate of drug-likeness (QED) is 0.917. The minimum absolute atomic E-state index is 0.213. The molecule has 1 aromatic carbocycles. The molecule has 0 aliphatic carbocycles. The summed E-state index contributed by atoms with van der Waals surface area (Å²) in [5.41, 5.74) is 1.21. The highest BCUT2D eigenvalue weighted by molar-refractivity contribution is 5.41. The van der Waals surface area contributed by atoms with Crippen LogP contribution >= 0.6 is 0 Å². The van der Waals surface area contributed by atoms with Crippen molar-refractivity contribution in [1.82, 2.24) is 9.80 Å². The molecule has 2 heterocycles. The third-order valence-corrected chi connectivity index (χ3v) is 4.70. The Morgan fingerprint density at radius 1 is 1.35 bits per heavy atom. The summed E-state index contributed by atoms with van der Waals surface area (Å²) < 4.78 is 5.19. The molecule has 20 heavy (non-hydrogen) atoms. The topological polar surface area (TPSA) is 35.9 Å². The lowest BCUT2D eigenvalue weighted by molar-refractivity contribution is 0.0540. The predicted octanol–water partition coefficient (Wildman–Crippen LogP) is 2.07. The van der Waals surface area contributed by atoms with Crippen LogP contribution in [-0.4, -0.2) is 53.7 Å². The second-order valence-corrected chi connectivity index (χ2v) is 6.08. The summed E-state index contributed by atoms with van der Waals surface area (Å²) in [7, 11) is 1.60. The summed E-state index contributed by atoms with van der Waals surface area (Å²) in [5, 5.41) is 9.67. The van der Waals surface area contributed by atoms with Gasteiger partial charge >= 0.3 is 0 Å². The monoisotopic (exact) mass is 276 g/mol. The van der Waals surface area contributed by atoms with E-state index in [-0.39, 0.29) is 5.75 Å². The van der Waals surface area contributed by atoms with Crippen LogP contribution in [0.2, 0.25) is 0 Å². The van der Waals surface area contributed by atoms with Gasteiger partial charge in [-0.1, -0.05) is 6.07 Å². The van der Waals surface area contributed by atoms with Crippen LogP contribution in [0, 0.1) is 0 Å². The maximum atomic E-state index is 9.67. The van der Waals surface area contributed by atoms with Crippen molar-refractivity contribution in [2.45, 2.75) is 38.4 Å². The van der Waals surface area contributed by atoms with Gasteiger partial charge in [-0.25, -0.2) is 0 Å². The molecule has 0 spiro atoms. The Morgan fingerprint density at radius 2 is 2.20 bits per heavy atom. The lowest BCUT2D eigenvalue weighted by atomic mass is 10.1. The fourth-order valence-corrected chi connectivity index (χ4v) is 3.52. The van der Waals surface area contributed by atoms with Crippen molar-refractivity contribution in [3.8, 4) is 11.5 Å². The molecule has 1 aromatic rings. The third kappa shape index (κ3) is 2.63. The van der Waals surface area contributed by atoms with Crippen LogP contribution in [0.25, 0.3) is 0 Å². The molecule has 2 aliphatic rings. The zero-order valence-corrected chi connectivity index (χ0v) is 12.4. The van der Waals surface area contributed by atoms with Crippen LogP contribution in [0.3, 0.4) is 0 Å². The van der Waals surface area contributed by atoms with E-state index >= 15 is 0 Å². The van der Waals surface area contributed by atoms with Gasteiger partial charge in [0.2, 0.25) is 0 Å². The zero-order valence-electron chi connectivity index (χ0n) is 12.4. The number of ether oxygens (including phenoxy) is 1. The van der Waals surface area contributed by atoms with Crippen LogP contribution in [0.5, 0.6) is 11.5 Å². The summed E-state index contributed by atoms with van der Waals surface area (Å²) in [6, 6.07) is 6.99. The number of methoxy groups -OCH3 is 1. The van der Waals surface area contributed by atoms with Crippen LogP contribution in [0.1, 0.15) is 25.3 Å². The summed E-state index contributed by atoms with van der Waals surface area (Å²) >= 11 is 0. The molecular formula is C16H24N2O2. The lowest BCUT2D eigenvalue weighted by Gasteiger charge is -2.42. The zero-order chi connectivity index (χ0) is 14.1. The highest BCUT2D eigenvalue weighted by atomic mass is 16.5. The third-order valence-electron chi connectivity index (χ3n) is 4.70. The van der Waals surface area contributed by atoms with E-state index < -0.39 is 0 Å². The first-order valence-electron chi connectivity index (χ1n) is 7.51. The average Bonchev–Trinajstić information content (AvgIpc) is 2.88. The Balaban J connectivity index is 1.70. The van der Waals surface area contributed by atoms with E-state index in [1.54, 1.807) is 13.2 Å². The van der Waals surface area contributed by atoms with Gasteiger partial charge < -0.3 is 9.84 Å². The van der Waals surface area contributed by atoms with Gasteiger partial charge in [-0.15, -0.1) is 0 Å². The summed E-state index contributed by atoms with van der Waals surface area (Å²) in [6.45, 7) is 6.86. The van der Waals surface area contributed by atoms with Crippen LogP contribution in [-0.2, 0) is 6.54 Å². The van der Waals surface area contributed by atoms with Gasteiger partial charge in [0, 0.05) is 31.7 Å². The highest BCUT2D eigenvalue weighted by Crippen LogP contribution is 2.29. The molecule has 110 valence electrons. The smallest absolute Gasteiger partial charge is 0.160 e. The number of aromatic hydroxyl groups is 1. The number of hydrogen-bond donors (Lipinski definition) is 1. The van der Waals surface area contributed by atoms with Crippen LogP contribution in [0.4, 0.5) is 0 Å². The van der Waals surface area contributed by atoms with Crippen molar-refractivity contribution in [3.05, 3.63) is 23.8 Å². The number of nitrogens with zero attached hydrogens (tertiary/aromatic N) is 2. The summed E-state index contributed by atoms with van der Waals surface area (Å²) in [5.74, 6) is 0.777. The fourth-order valence-electron chi connectivity index (χ4n) is 3.52. The van der Waals surface area contributed by atoms with Crippen molar-refractivity contribution in [2.24, 2.45) is 0 Å². The van der Waals surface area contributed by atoms with Gasteiger partial charge in [-0.3, -0.25) is 9.80 Å². The average molecular weight is 276 g/mol. The van der Waals surface area contributed by atoms with Crippen LogP contribution < -0.4 is 4.74 Å². The largest absolute Gasteiger partial charge is 0.504 e. The van der Waals surface area contributed by atoms with E-state index in [2.05, 4.69) is 16.7 Å². The second-order valence-electron chi connectivity index (χ2n) is 6.08. The van der Waals surface area contributed by atoms with E-state index in [9.17, 15) is 5.11 Å². The first-order chi connectivity index (χ1) is 9.67. The predicted molar refractivity (Wildman–Crippen MR) is 79.1 cm³/mol. The van der Waals surface area contributed by atoms with Gasteiger partial charge in [-0.2, -0.15) is 0 Å². The highest BCUT2D eigenvalue weighted by Gasteiger charge is 2.34. The first kappa shape index (κ1) is 13.7. The molecule has 2 aliphatic heterocycles. The molecular weight excluding hydrogens is 252 g/mol. The van der Waals surface area contributed by atoms with Crippen molar-refractivity contribution in [3.63, 3.8) is 0 Å². The number of phenols is 1. The number of piperazine rings is 1. The molecule has 0 amide bonds. The molecule has 0 bridgehead atoms. The van der Waals surface area contributed by atoms with E-state index in [4.69, 9.17) is 4.74 Å². The Bertz CT molecular complexity index is 478. The van der Waals surface area contributed by atoms with E-state index in [0.29, 0.717) is 11.8 Å². The molecule has 2 unspecified atom stereocenters. The van der Waals surface area contributed by atoms with E-state index in [1.807, 2.05) is 12.1 Å². The molecule has 3 rings (SSSR count). The van der Waals surface area contributed by atoms with Crippen LogP contribution in [0.15, 0.2) is 18.2 Å². The number of benzene rings is 1. The van der Waals surface area contributed by atoms with Gasteiger partial charge in [0.05, 0.1) is 7.11 Å². The molecule has 0 aromatic heterocycles. The van der Waals surface area contributed by atoms with Gasteiger partial charge in [-0.05, 0) is 44.0 Å². The number of phenolic OH excluding ortho intramolecular Hbond substituents is 1. The van der Waals surface area contributed by atoms with Gasteiger partial charge in [0.25, 0.3) is 0 Å². The maximum absolute atomic E-state index is 9.67. The molecule has 4 heteroatoms. The summed E-state index contributed by atoms with van der Waals surface area (Å²) in [4.78, 5) is 5.19. The number of fused-ring (bicyclic) bond motifs is 1. The standard InChI is InChI=1S/C16H24N2O2/c1-12-9-17-7-3-4-14(17)11-18(12)10-13-5-6-15(19)16(8-13)20-2/h5-6,8,12,14,19H,3-4,7,9-11H2,1-2H3. The number of hydrogen-bond acceptors (Lipinski definition) is 4. The van der Waals surface area contributed by atoms with Crippen molar-refractivity contribution in [2.75, 3.05) is 26.7 Å². The molecule has 0 saturated carbocycles. The van der Waals surface area contributed by atoms with Crippen molar-refractivity contribution in [1.29, 1.82) is 0 Å². The Labute approximate surface area is 120 Å². The molecule has 4 nitrogen and oxygen atoms in total. The molecule has 2 saturated heterocycles. The first-order valence-corrected chi connectivity index (χ1v) is 7.51. The fraction of sp³-hybridized carbons (Fsp3) is 0.625. The molecule has 2 fully saturated rings. The Kier molecular flexibility index (Phi) is 3.85. The number of rotatable bonds is 3. The normalized spacial score (nSPS) is 27.5. The molecule has 2 atom stereocenters. The Morgan fingerprint density at radius 3 is 3.00 bits per heavy atom. The molecule has 0 radical (unpaired) electrons.